The number of benzene rings is 1. The predicted octanol–water partition coefficient (Wildman–Crippen LogP) is 0.469. The summed E-state index contributed by atoms with van der Waals surface area (Å²) in [5.74, 6) is -0.727. The molecular weight excluding hydrogens is 336 g/mol. The fraction of sp³-hybridized carbons (Fsp3) is 0.300. The van der Waals surface area contributed by atoms with Gasteiger partial charge in [-0.25, -0.2) is 0 Å². The summed E-state index contributed by atoms with van der Waals surface area (Å²) in [6.45, 7) is 0.827. The van der Waals surface area contributed by atoms with Crippen LogP contribution in [0.15, 0.2) is 48.7 Å². The van der Waals surface area contributed by atoms with Crippen LogP contribution in [0.2, 0.25) is 0 Å². The van der Waals surface area contributed by atoms with E-state index in [1.165, 1.54) is 5.69 Å². The van der Waals surface area contributed by atoms with Crippen LogP contribution in [0.3, 0.4) is 0 Å². The Morgan fingerprint density at radius 3 is 2.44 bits per heavy atom. The number of hydrogen-bond donors (Lipinski definition) is 1. The summed E-state index contributed by atoms with van der Waals surface area (Å²) in [6, 6.07) is 14.5. The van der Waals surface area contributed by atoms with Crippen molar-refractivity contribution in [2.45, 2.75) is 25.8 Å². The first kappa shape index (κ1) is 20.7. The van der Waals surface area contributed by atoms with Gasteiger partial charge in [-0.15, -0.1) is 0 Å². The molecule has 0 radical (unpaired) electrons. The summed E-state index contributed by atoms with van der Waals surface area (Å²) < 4.78 is 2.16. The summed E-state index contributed by atoms with van der Waals surface area (Å²) in [4.78, 5) is 12.7. The number of rotatable bonds is 8. The molecule has 0 saturated heterocycles. The number of nitrogens with zero attached hydrogens (tertiary/aromatic N) is 2. The molecule has 1 aromatic heterocycles. The van der Waals surface area contributed by atoms with Crippen molar-refractivity contribution in [3.05, 3.63) is 59.9 Å². The molecule has 0 spiro atoms. The summed E-state index contributed by atoms with van der Waals surface area (Å²) in [5, 5.41) is 8.71. The third-order valence-electron chi connectivity index (χ3n) is 3.87. The topological polar surface area (TPSA) is 44.4 Å². The number of unbranched alkanes of at least 4 members (excludes halogenated alkanes) is 1. The van der Waals surface area contributed by atoms with E-state index in [-0.39, 0.29) is 18.8 Å². The summed E-state index contributed by atoms with van der Waals surface area (Å²) in [6.07, 6.45) is 8.03. The molecule has 2 rings (SSSR count). The molecule has 0 aliphatic heterocycles. The Kier molecular flexibility index (Phi) is 8.71. The second-order valence-electron chi connectivity index (χ2n) is 5.99. The Morgan fingerprint density at radius 2 is 1.80 bits per heavy atom. The quantitative estimate of drug-likeness (QED) is 0.550. The molecule has 0 aliphatic rings. The van der Waals surface area contributed by atoms with Gasteiger partial charge in [0.2, 0.25) is 5.69 Å². The standard InChI is InChI=1S/C20H24N2O2.ClH/c1-21(2)18-12-9-17(10-13-18)11-14-19-7-3-5-15-22(19)16-6-4-8-20(23)24;/h3,5,7,9-15H,4,6,8,16H2,1-2H3;1H. The molecule has 0 unspecified atom stereocenters. The Balaban J connectivity index is 0.00000312. The largest absolute Gasteiger partial charge is 1.00 e. The fourth-order valence-electron chi connectivity index (χ4n) is 2.47. The normalized spacial score (nSPS) is 10.5. The van der Waals surface area contributed by atoms with E-state index in [9.17, 15) is 4.79 Å². The highest BCUT2D eigenvalue weighted by atomic mass is 35.5. The lowest BCUT2D eigenvalue weighted by Gasteiger charge is -2.11. The maximum atomic E-state index is 10.6. The minimum absolute atomic E-state index is 0. The lowest BCUT2D eigenvalue weighted by atomic mass is 10.1. The molecule has 0 amide bonds. The number of carboxylic acid groups (broad SMARTS) is 1. The first-order valence-corrected chi connectivity index (χ1v) is 8.22. The number of hydrogen-bond acceptors (Lipinski definition) is 2. The van der Waals surface area contributed by atoms with E-state index in [4.69, 9.17) is 5.11 Å². The van der Waals surface area contributed by atoms with Gasteiger partial charge in [0.05, 0.1) is 0 Å². The molecule has 4 nitrogen and oxygen atoms in total. The van der Waals surface area contributed by atoms with Crippen molar-refractivity contribution < 1.29 is 26.9 Å². The summed E-state index contributed by atoms with van der Waals surface area (Å²) in [7, 11) is 4.06. The lowest BCUT2D eigenvalue weighted by Crippen LogP contribution is -3.00. The van der Waals surface area contributed by atoms with Crippen LogP contribution >= 0.6 is 0 Å². The van der Waals surface area contributed by atoms with Crippen molar-refractivity contribution in [2.75, 3.05) is 19.0 Å². The number of aromatic nitrogens is 1. The number of halogens is 1. The maximum Gasteiger partial charge on any atom is 0.303 e. The van der Waals surface area contributed by atoms with Gasteiger partial charge in [-0.1, -0.05) is 12.1 Å². The monoisotopic (exact) mass is 360 g/mol. The molecule has 1 N–H and O–H groups in total. The van der Waals surface area contributed by atoms with E-state index >= 15 is 0 Å². The smallest absolute Gasteiger partial charge is 0.303 e. The first-order valence-electron chi connectivity index (χ1n) is 8.22. The van der Waals surface area contributed by atoms with Crippen LogP contribution in [0.4, 0.5) is 5.69 Å². The third kappa shape index (κ3) is 6.98. The molecule has 25 heavy (non-hydrogen) atoms. The molecule has 0 saturated carbocycles. The minimum atomic E-state index is -0.727. The molecule has 1 heterocycles. The molecule has 0 aliphatic carbocycles. The number of carbonyl (C=O) groups is 1. The van der Waals surface area contributed by atoms with Crippen LogP contribution in [0.5, 0.6) is 0 Å². The summed E-state index contributed by atoms with van der Waals surface area (Å²) in [5.41, 5.74) is 3.45. The van der Waals surface area contributed by atoms with Crippen molar-refractivity contribution in [1.29, 1.82) is 0 Å². The molecule has 2 aromatic rings. The van der Waals surface area contributed by atoms with Gasteiger partial charge < -0.3 is 22.4 Å². The third-order valence-corrected chi connectivity index (χ3v) is 3.87. The van der Waals surface area contributed by atoms with Crippen molar-refractivity contribution in [3.63, 3.8) is 0 Å². The highest BCUT2D eigenvalue weighted by molar-refractivity contribution is 5.68. The Bertz CT molecular complexity index is 697. The number of aryl methyl sites for hydroxylation is 1. The van der Waals surface area contributed by atoms with E-state index < -0.39 is 5.97 Å². The van der Waals surface area contributed by atoms with Crippen LogP contribution in [0.25, 0.3) is 12.2 Å². The zero-order valence-electron chi connectivity index (χ0n) is 14.7. The first-order chi connectivity index (χ1) is 11.6. The lowest BCUT2D eigenvalue weighted by molar-refractivity contribution is -0.699. The maximum absolute atomic E-state index is 10.6. The van der Waals surface area contributed by atoms with E-state index in [1.54, 1.807) is 0 Å². The van der Waals surface area contributed by atoms with Crippen molar-refractivity contribution >= 4 is 23.8 Å². The van der Waals surface area contributed by atoms with Crippen LogP contribution in [0, 0.1) is 0 Å². The molecule has 0 atom stereocenters. The van der Waals surface area contributed by atoms with Gasteiger partial charge in [0.1, 0.15) is 6.54 Å². The fourth-order valence-corrected chi connectivity index (χ4v) is 2.47. The average molecular weight is 361 g/mol. The van der Waals surface area contributed by atoms with Gasteiger partial charge in [0.25, 0.3) is 0 Å². The van der Waals surface area contributed by atoms with E-state index in [2.05, 4.69) is 52.0 Å². The SMILES string of the molecule is CN(C)c1ccc(/C=C/c2cccc[n+]2CCCCC(=O)O)cc1.[Cl-]. The van der Waals surface area contributed by atoms with Crippen LogP contribution in [0.1, 0.15) is 30.5 Å². The number of aliphatic carboxylic acids is 1. The van der Waals surface area contributed by atoms with Gasteiger partial charge in [0.15, 0.2) is 6.20 Å². The number of pyridine rings is 1. The van der Waals surface area contributed by atoms with E-state index in [0.29, 0.717) is 6.42 Å². The zero-order valence-corrected chi connectivity index (χ0v) is 15.5. The van der Waals surface area contributed by atoms with Gasteiger partial charge in [-0.05, 0) is 36.3 Å². The van der Waals surface area contributed by atoms with Crippen LogP contribution < -0.4 is 21.9 Å². The Hall–Kier alpha value is -2.33. The number of carboxylic acids is 1. The van der Waals surface area contributed by atoms with E-state index in [1.807, 2.05) is 32.4 Å². The van der Waals surface area contributed by atoms with Crippen LogP contribution in [-0.4, -0.2) is 25.2 Å². The van der Waals surface area contributed by atoms with Crippen LogP contribution in [-0.2, 0) is 11.3 Å². The van der Waals surface area contributed by atoms with Gasteiger partial charge in [-0.2, -0.15) is 4.57 Å². The average Bonchev–Trinajstić information content (AvgIpc) is 2.58. The molecule has 1 aromatic carbocycles. The van der Waals surface area contributed by atoms with E-state index in [0.717, 1.165) is 24.2 Å². The minimum Gasteiger partial charge on any atom is -1.00 e. The highest BCUT2D eigenvalue weighted by Crippen LogP contribution is 2.14. The van der Waals surface area contributed by atoms with Gasteiger partial charge in [-0.3, -0.25) is 4.79 Å². The molecular formula is C20H25ClN2O2. The highest BCUT2D eigenvalue weighted by Gasteiger charge is 2.07. The molecule has 5 heteroatoms. The zero-order chi connectivity index (χ0) is 17.4. The second kappa shape index (κ2) is 10.5. The number of anilines is 1. The summed E-state index contributed by atoms with van der Waals surface area (Å²) >= 11 is 0. The van der Waals surface area contributed by atoms with Crippen molar-refractivity contribution in [3.8, 4) is 0 Å². The van der Waals surface area contributed by atoms with Gasteiger partial charge >= 0.3 is 5.97 Å². The predicted molar refractivity (Wildman–Crippen MR) is 97.8 cm³/mol. The second-order valence-corrected chi connectivity index (χ2v) is 5.99. The molecule has 0 bridgehead atoms. The molecule has 0 fully saturated rings. The Labute approximate surface area is 155 Å². The molecule has 134 valence electrons. The van der Waals surface area contributed by atoms with Crippen molar-refractivity contribution in [2.24, 2.45) is 0 Å². The van der Waals surface area contributed by atoms with Crippen molar-refractivity contribution in [1.82, 2.24) is 0 Å². The Morgan fingerprint density at radius 1 is 1.08 bits per heavy atom. The van der Waals surface area contributed by atoms with Gasteiger partial charge in [0, 0.05) is 50.8 Å².